The van der Waals surface area contributed by atoms with Crippen LogP contribution < -0.4 is 11.1 Å². The Kier molecular flexibility index (Phi) is 6.85. The standard InChI is InChI=1S/C17H29N3O/c1-17(2,10-11-18)9-8-16(21)19-15-7-5-6-14(12-15)13-20(3)4/h5-7,12H,8-11,13,18H2,1-4H3,(H,19,21). The molecule has 0 saturated carbocycles. The number of nitrogens with two attached hydrogens (primary N) is 1. The number of amides is 1. The Labute approximate surface area is 128 Å². The molecule has 1 rings (SSSR count). The van der Waals surface area contributed by atoms with Gasteiger partial charge in [0.05, 0.1) is 0 Å². The molecule has 1 aromatic carbocycles. The molecule has 0 spiro atoms. The van der Waals surface area contributed by atoms with Crippen LogP contribution in [0.25, 0.3) is 0 Å². The fourth-order valence-electron chi connectivity index (χ4n) is 2.30. The minimum absolute atomic E-state index is 0.0714. The first-order chi connectivity index (χ1) is 9.82. The van der Waals surface area contributed by atoms with Gasteiger partial charge in [0.1, 0.15) is 0 Å². The summed E-state index contributed by atoms with van der Waals surface area (Å²) in [5, 5.41) is 2.98. The normalized spacial score (nSPS) is 11.7. The van der Waals surface area contributed by atoms with Gasteiger partial charge in [-0.05, 0) is 56.6 Å². The molecule has 4 nitrogen and oxygen atoms in total. The molecule has 1 aromatic rings. The Bertz CT molecular complexity index is 455. The molecule has 0 aliphatic heterocycles. The predicted octanol–water partition coefficient (Wildman–Crippen LogP) is 2.84. The van der Waals surface area contributed by atoms with Gasteiger partial charge in [0.25, 0.3) is 0 Å². The molecule has 0 bridgehead atoms. The van der Waals surface area contributed by atoms with E-state index < -0.39 is 0 Å². The Morgan fingerprint density at radius 3 is 2.62 bits per heavy atom. The SMILES string of the molecule is CN(C)Cc1cccc(NC(=O)CCC(C)(C)CCN)c1. The maximum absolute atomic E-state index is 12.0. The molecule has 1 amide bonds. The fourth-order valence-corrected chi connectivity index (χ4v) is 2.30. The number of nitrogens with zero attached hydrogens (tertiary/aromatic N) is 1. The van der Waals surface area contributed by atoms with Crippen LogP contribution in [0.5, 0.6) is 0 Å². The molecule has 0 aliphatic rings. The Morgan fingerprint density at radius 1 is 1.29 bits per heavy atom. The third-order valence-corrected chi connectivity index (χ3v) is 3.56. The summed E-state index contributed by atoms with van der Waals surface area (Å²) in [6.07, 6.45) is 2.33. The van der Waals surface area contributed by atoms with E-state index in [0.717, 1.165) is 25.1 Å². The van der Waals surface area contributed by atoms with Crippen LogP contribution in [0.2, 0.25) is 0 Å². The van der Waals surface area contributed by atoms with Gasteiger partial charge in [-0.2, -0.15) is 0 Å². The molecule has 0 aliphatic carbocycles. The summed E-state index contributed by atoms with van der Waals surface area (Å²) < 4.78 is 0. The molecule has 118 valence electrons. The number of hydrogen-bond acceptors (Lipinski definition) is 3. The van der Waals surface area contributed by atoms with Crippen LogP contribution in [0.4, 0.5) is 5.69 Å². The molecule has 0 saturated heterocycles. The van der Waals surface area contributed by atoms with Crippen LogP contribution in [0.1, 0.15) is 38.7 Å². The highest BCUT2D eigenvalue weighted by molar-refractivity contribution is 5.90. The Hall–Kier alpha value is -1.39. The van der Waals surface area contributed by atoms with Gasteiger partial charge in [-0.1, -0.05) is 26.0 Å². The number of benzene rings is 1. The maximum atomic E-state index is 12.0. The van der Waals surface area contributed by atoms with Crippen molar-refractivity contribution < 1.29 is 4.79 Å². The van der Waals surface area contributed by atoms with Crippen molar-refractivity contribution >= 4 is 11.6 Å². The highest BCUT2D eigenvalue weighted by Crippen LogP contribution is 2.26. The third kappa shape index (κ3) is 7.25. The van der Waals surface area contributed by atoms with Crippen molar-refractivity contribution in [2.75, 3.05) is 26.0 Å². The summed E-state index contributed by atoms with van der Waals surface area (Å²) in [5.74, 6) is 0.0714. The van der Waals surface area contributed by atoms with Crippen LogP contribution in [0, 0.1) is 5.41 Å². The molecule has 0 heterocycles. The maximum Gasteiger partial charge on any atom is 0.224 e. The summed E-state index contributed by atoms with van der Waals surface area (Å²) in [6.45, 7) is 5.85. The number of anilines is 1. The van der Waals surface area contributed by atoms with Gasteiger partial charge in [0.2, 0.25) is 5.91 Å². The topological polar surface area (TPSA) is 58.4 Å². The molecule has 0 unspecified atom stereocenters. The largest absolute Gasteiger partial charge is 0.330 e. The minimum atomic E-state index is 0.0714. The van der Waals surface area contributed by atoms with Crippen LogP contribution in [-0.4, -0.2) is 31.4 Å². The van der Waals surface area contributed by atoms with E-state index in [1.165, 1.54) is 5.56 Å². The molecule has 0 fully saturated rings. The first kappa shape index (κ1) is 17.7. The third-order valence-electron chi connectivity index (χ3n) is 3.56. The first-order valence-corrected chi connectivity index (χ1v) is 7.56. The Morgan fingerprint density at radius 2 is 2.00 bits per heavy atom. The van der Waals surface area contributed by atoms with Crippen molar-refractivity contribution in [2.24, 2.45) is 11.1 Å². The van der Waals surface area contributed by atoms with Gasteiger partial charge >= 0.3 is 0 Å². The quantitative estimate of drug-likeness (QED) is 0.774. The van der Waals surface area contributed by atoms with E-state index in [0.29, 0.717) is 13.0 Å². The van der Waals surface area contributed by atoms with E-state index >= 15 is 0 Å². The number of carbonyl (C=O) groups excluding carboxylic acids is 1. The van der Waals surface area contributed by atoms with Crippen molar-refractivity contribution in [3.8, 4) is 0 Å². The zero-order valence-electron chi connectivity index (χ0n) is 13.8. The van der Waals surface area contributed by atoms with Gasteiger partial charge in [-0.15, -0.1) is 0 Å². The zero-order valence-corrected chi connectivity index (χ0v) is 13.8. The van der Waals surface area contributed by atoms with E-state index in [1.54, 1.807) is 0 Å². The fraction of sp³-hybridized carbons (Fsp3) is 0.588. The van der Waals surface area contributed by atoms with Gasteiger partial charge in [0, 0.05) is 18.7 Å². The van der Waals surface area contributed by atoms with Crippen molar-refractivity contribution in [1.82, 2.24) is 4.90 Å². The highest BCUT2D eigenvalue weighted by atomic mass is 16.1. The van der Waals surface area contributed by atoms with Crippen molar-refractivity contribution in [2.45, 2.75) is 39.7 Å². The average molecular weight is 291 g/mol. The smallest absolute Gasteiger partial charge is 0.224 e. The number of rotatable bonds is 8. The van der Waals surface area contributed by atoms with Crippen molar-refractivity contribution in [3.63, 3.8) is 0 Å². The average Bonchev–Trinajstić information content (AvgIpc) is 2.36. The number of nitrogens with one attached hydrogen (secondary N) is 1. The molecule has 3 N–H and O–H groups in total. The van der Waals surface area contributed by atoms with E-state index in [2.05, 4.69) is 30.1 Å². The summed E-state index contributed by atoms with van der Waals surface area (Å²) in [4.78, 5) is 14.2. The summed E-state index contributed by atoms with van der Waals surface area (Å²) in [5.41, 5.74) is 7.79. The van der Waals surface area contributed by atoms with E-state index in [1.807, 2.05) is 32.3 Å². The lowest BCUT2D eigenvalue weighted by atomic mass is 9.84. The van der Waals surface area contributed by atoms with Gasteiger partial charge < -0.3 is 16.0 Å². The molecule has 0 aromatic heterocycles. The molecule has 4 heteroatoms. The summed E-state index contributed by atoms with van der Waals surface area (Å²) >= 11 is 0. The zero-order chi connectivity index (χ0) is 15.9. The van der Waals surface area contributed by atoms with Gasteiger partial charge in [0.15, 0.2) is 0 Å². The molecule has 21 heavy (non-hydrogen) atoms. The second-order valence-electron chi connectivity index (χ2n) is 6.69. The van der Waals surface area contributed by atoms with Crippen molar-refractivity contribution in [3.05, 3.63) is 29.8 Å². The van der Waals surface area contributed by atoms with Crippen LogP contribution in [0.15, 0.2) is 24.3 Å². The highest BCUT2D eigenvalue weighted by Gasteiger charge is 2.18. The molecular weight excluding hydrogens is 262 g/mol. The van der Waals surface area contributed by atoms with Crippen LogP contribution in [0.3, 0.4) is 0 Å². The number of hydrogen-bond donors (Lipinski definition) is 2. The van der Waals surface area contributed by atoms with Gasteiger partial charge in [-0.25, -0.2) is 0 Å². The van der Waals surface area contributed by atoms with E-state index in [-0.39, 0.29) is 11.3 Å². The lowest BCUT2D eigenvalue weighted by Gasteiger charge is -2.23. The lowest BCUT2D eigenvalue weighted by molar-refractivity contribution is -0.116. The van der Waals surface area contributed by atoms with Crippen molar-refractivity contribution in [1.29, 1.82) is 0 Å². The second-order valence-corrected chi connectivity index (χ2v) is 6.69. The van der Waals surface area contributed by atoms with Crippen LogP contribution in [-0.2, 0) is 11.3 Å². The van der Waals surface area contributed by atoms with Gasteiger partial charge in [-0.3, -0.25) is 4.79 Å². The second kappa shape index (κ2) is 8.15. The molecule has 0 radical (unpaired) electrons. The Balaban J connectivity index is 2.51. The van der Waals surface area contributed by atoms with E-state index in [4.69, 9.17) is 5.73 Å². The van der Waals surface area contributed by atoms with E-state index in [9.17, 15) is 4.79 Å². The minimum Gasteiger partial charge on any atom is -0.330 e. The monoisotopic (exact) mass is 291 g/mol. The first-order valence-electron chi connectivity index (χ1n) is 7.56. The molecule has 0 atom stereocenters. The summed E-state index contributed by atoms with van der Waals surface area (Å²) in [7, 11) is 4.07. The predicted molar refractivity (Wildman–Crippen MR) is 89.1 cm³/mol. The molecular formula is C17H29N3O. The number of carbonyl (C=O) groups is 1. The van der Waals surface area contributed by atoms with Crippen LogP contribution >= 0.6 is 0 Å². The summed E-state index contributed by atoms with van der Waals surface area (Å²) in [6, 6.07) is 8.01. The lowest BCUT2D eigenvalue weighted by Crippen LogP contribution is -2.20.